The standard InChI is InChI=1S/C14H22N4O/c1-9-13(8-17(2)16-9)14(19)18-6-10-3-4-12(15)5-11(10)7-18/h8,10-12H,3-7,15H2,1-2H3/t10-,11+,12?/m1/s1. The fourth-order valence-electron chi connectivity index (χ4n) is 3.61. The van der Waals surface area contributed by atoms with Crippen molar-refractivity contribution in [1.82, 2.24) is 14.7 Å². The van der Waals surface area contributed by atoms with Crippen LogP contribution in [0.3, 0.4) is 0 Å². The molecule has 104 valence electrons. The van der Waals surface area contributed by atoms with E-state index in [0.29, 0.717) is 17.9 Å². The molecule has 1 amide bonds. The summed E-state index contributed by atoms with van der Waals surface area (Å²) in [6.07, 6.45) is 5.17. The van der Waals surface area contributed by atoms with Gasteiger partial charge in [-0.05, 0) is 38.0 Å². The lowest BCUT2D eigenvalue weighted by molar-refractivity contribution is 0.0783. The van der Waals surface area contributed by atoms with Crippen molar-refractivity contribution < 1.29 is 4.79 Å². The van der Waals surface area contributed by atoms with Crippen molar-refractivity contribution in [1.29, 1.82) is 0 Å². The maximum atomic E-state index is 12.5. The first-order chi connectivity index (χ1) is 9.04. The van der Waals surface area contributed by atoms with Gasteiger partial charge >= 0.3 is 0 Å². The molecule has 0 radical (unpaired) electrons. The minimum Gasteiger partial charge on any atom is -0.338 e. The van der Waals surface area contributed by atoms with Gasteiger partial charge in [0.05, 0.1) is 11.3 Å². The summed E-state index contributed by atoms with van der Waals surface area (Å²) in [4.78, 5) is 14.5. The van der Waals surface area contributed by atoms with Gasteiger partial charge in [-0.15, -0.1) is 0 Å². The van der Waals surface area contributed by atoms with Gasteiger partial charge in [0.15, 0.2) is 0 Å². The van der Waals surface area contributed by atoms with Crippen LogP contribution in [-0.2, 0) is 7.05 Å². The molecule has 2 heterocycles. The van der Waals surface area contributed by atoms with Crippen LogP contribution in [0.1, 0.15) is 35.3 Å². The van der Waals surface area contributed by atoms with Crippen LogP contribution in [0.15, 0.2) is 6.20 Å². The molecule has 5 nitrogen and oxygen atoms in total. The largest absolute Gasteiger partial charge is 0.338 e. The van der Waals surface area contributed by atoms with Crippen LogP contribution in [0.4, 0.5) is 0 Å². The minimum atomic E-state index is 0.133. The number of amides is 1. The Bertz CT molecular complexity index is 496. The van der Waals surface area contributed by atoms with E-state index in [9.17, 15) is 4.79 Å². The predicted molar refractivity (Wildman–Crippen MR) is 72.7 cm³/mol. The molecule has 1 aromatic heterocycles. The lowest BCUT2D eigenvalue weighted by Crippen LogP contribution is -2.32. The highest BCUT2D eigenvalue weighted by atomic mass is 16.2. The van der Waals surface area contributed by atoms with E-state index in [2.05, 4.69) is 5.10 Å². The average Bonchev–Trinajstić information content (AvgIpc) is 2.91. The molecule has 0 spiro atoms. The Morgan fingerprint density at radius 1 is 1.37 bits per heavy atom. The number of nitrogens with two attached hydrogens (primary N) is 1. The van der Waals surface area contributed by atoms with Crippen LogP contribution in [0.5, 0.6) is 0 Å². The summed E-state index contributed by atoms with van der Waals surface area (Å²) in [6, 6.07) is 0.330. The van der Waals surface area contributed by atoms with Gasteiger partial charge in [0.2, 0.25) is 0 Å². The average molecular weight is 262 g/mol. The molecule has 0 aromatic carbocycles. The molecule has 1 saturated carbocycles. The Hall–Kier alpha value is -1.36. The number of nitrogens with zero attached hydrogens (tertiary/aromatic N) is 3. The zero-order valence-electron chi connectivity index (χ0n) is 11.7. The summed E-state index contributed by atoms with van der Waals surface area (Å²) in [5.41, 5.74) is 7.59. The number of hydrogen-bond acceptors (Lipinski definition) is 3. The fraction of sp³-hybridized carbons (Fsp3) is 0.714. The van der Waals surface area contributed by atoms with Gasteiger partial charge in [-0.3, -0.25) is 9.48 Å². The SMILES string of the molecule is Cc1nn(C)cc1C(=O)N1C[C@H]2CCC(N)C[C@H]2C1. The summed E-state index contributed by atoms with van der Waals surface area (Å²) < 4.78 is 1.71. The van der Waals surface area contributed by atoms with Gasteiger partial charge in [0.25, 0.3) is 5.91 Å². The number of carbonyl (C=O) groups is 1. The third-order valence-electron chi connectivity index (χ3n) is 4.62. The molecular weight excluding hydrogens is 240 g/mol. The van der Waals surface area contributed by atoms with Gasteiger partial charge in [-0.1, -0.05) is 0 Å². The summed E-state index contributed by atoms with van der Waals surface area (Å²) in [5, 5.41) is 4.26. The van der Waals surface area contributed by atoms with Crippen molar-refractivity contribution in [2.75, 3.05) is 13.1 Å². The fourth-order valence-corrected chi connectivity index (χ4v) is 3.61. The summed E-state index contributed by atoms with van der Waals surface area (Å²) in [6.45, 7) is 3.66. The first kappa shape index (κ1) is 12.7. The minimum absolute atomic E-state index is 0.133. The number of likely N-dealkylation sites (tertiary alicyclic amines) is 1. The number of aryl methyl sites for hydroxylation is 2. The monoisotopic (exact) mass is 262 g/mol. The lowest BCUT2D eigenvalue weighted by atomic mass is 9.79. The summed E-state index contributed by atoms with van der Waals surface area (Å²) >= 11 is 0. The number of carbonyl (C=O) groups excluding carboxylic acids is 1. The van der Waals surface area contributed by atoms with E-state index in [1.807, 2.05) is 25.1 Å². The third kappa shape index (κ3) is 2.27. The van der Waals surface area contributed by atoms with Gasteiger partial charge < -0.3 is 10.6 Å². The first-order valence-corrected chi connectivity index (χ1v) is 7.09. The Morgan fingerprint density at radius 3 is 2.79 bits per heavy atom. The quantitative estimate of drug-likeness (QED) is 0.819. The smallest absolute Gasteiger partial charge is 0.257 e. The van der Waals surface area contributed by atoms with Crippen molar-refractivity contribution in [3.05, 3.63) is 17.5 Å². The Balaban J connectivity index is 1.74. The van der Waals surface area contributed by atoms with Crippen molar-refractivity contribution in [2.45, 2.75) is 32.2 Å². The third-order valence-corrected chi connectivity index (χ3v) is 4.62. The van der Waals surface area contributed by atoms with Gasteiger partial charge in [0.1, 0.15) is 0 Å². The van der Waals surface area contributed by atoms with Crippen LogP contribution >= 0.6 is 0 Å². The molecule has 19 heavy (non-hydrogen) atoms. The number of aromatic nitrogens is 2. The molecular formula is C14H22N4O. The first-order valence-electron chi connectivity index (χ1n) is 7.09. The molecule has 1 saturated heterocycles. The molecule has 1 aliphatic heterocycles. The van der Waals surface area contributed by atoms with Crippen LogP contribution in [-0.4, -0.2) is 39.7 Å². The molecule has 0 bridgehead atoms. The van der Waals surface area contributed by atoms with E-state index in [1.165, 1.54) is 6.42 Å². The van der Waals surface area contributed by atoms with Crippen LogP contribution in [0.25, 0.3) is 0 Å². The van der Waals surface area contributed by atoms with Crippen LogP contribution < -0.4 is 5.73 Å². The van der Waals surface area contributed by atoms with Gasteiger partial charge in [0, 0.05) is 32.4 Å². The summed E-state index contributed by atoms with van der Waals surface area (Å²) in [5.74, 6) is 1.39. The van der Waals surface area contributed by atoms with Crippen LogP contribution in [0.2, 0.25) is 0 Å². The van der Waals surface area contributed by atoms with E-state index in [1.54, 1.807) is 4.68 Å². The Morgan fingerprint density at radius 2 is 2.11 bits per heavy atom. The maximum Gasteiger partial charge on any atom is 0.257 e. The second kappa shape index (κ2) is 4.63. The second-order valence-corrected chi connectivity index (χ2v) is 6.11. The molecule has 2 aliphatic rings. The van der Waals surface area contributed by atoms with Crippen LogP contribution in [0, 0.1) is 18.8 Å². The van der Waals surface area contributed by atoms with E-state index in [0.717, 1.165) is 37.2 Å². The number of rotatable bonds is 1. The Kier molecular flexibility index (Phi) is 3.09. The molecule has 2 fully saturated rings. The highest BCUT2D eigenvalue weighted by molar-refractivity contribution is 5.95. The second-order valence-electron chi connectivity index (χ2n) is 6.11. The highest BCUT2D eigenvalue weighted by Crippen LogP contribution is 2.36. The van der Waals surface area contributed by atoms with Crippen molar-refractivity contribution in [3.63, 3.8) is 0 Å². The van der Waals surface area contributed by atoms with E-state index < -0.39 is 0 Å². The number of hydrogen-bond donors (Lipinski definition) is 1. The van der Waals surface area contributed by atoms with Crippen molar-refractivity contribution in [2.24, 2.45) is 24.6 Å². The lowest BCUT2D eigenvalue weighted by Gasteiger charge is -2.27. The molecule has 1 aromatic rings. The zero-order chi connectivity index (χ0) is 13.6. The zero-order valence-corrected chi connectivity index (χ0v) is 11.7. The molecule has 3 atom stereocenters. The Labute approximate surface area is 113 Å². The predicted octanol–water partition coefficient (Wildman–Crippen LogP) is 0.928. The number of fused-ring (bicyclic) bond motifs is 1. The molecule has 3 rings (SSSR count). The topological polar surface area (TPSA) is 64.2 Å². The van der Waals surface area contributed by atoms with Gasteiger partial charge in [-0.25, -0.2) is 0 Å². The maximum absolute atomic E-state index is 12.5. The summed E-state index contributed by atoms with van der Waals surface area (Å²) in [7, 11) is 1.85. The highest BCUT2D eigenvalue weighted by Gasteiger charge is 2.39. The van der Waals surface area contributed by atoms with E-state index >= 15 is 0 Å². The normalized spacial score (nSPS) is 30.5. The van der Waals surface area contributed by atoms with Crippen molar-refractivity contribution >= 4 is 5.91 Å². The van der Waals surface area contributed by atoms with Crippen molar-refractivity contribution in [3.8, 4) is 0 Å². The molecule has 1 unspecified atom stereocenters. The van der Waals surface area contributed by atoms with Gasteiger partial charge in [-0.2, -0.15) is 5.10 Å². The molecule has 2 N–H and O–H groups in total. The van der Waals surface area contributed by atoms with E-state index in [4.69, 9.17) is 5.73 Å². The molecule has 1 aliphatic carbocycles. The van der Waals surface area contributed by atoms with E-state index in [-0.39, 0.29) is 5.91 Å². The molecule has 5 heteroatoms.